The van der Waals surface area contributed by atoms with Gasteiger partial charge in [-0.25, -0.2) is 0 Å². The minimum Gasteiger partial charge on any atom is -0.465 e. The van der Waals surface area contributed by atoms with Gasteiger partial charge in [-0.1, -0.05) is 12.1 Å². The van der Waals surface area contributed by atoms with Crippen LogP contribution in [0.15, 0.2) is 53.4 Å². The lowest BCUT2D eigenvalue weighted by Gasteiger charge is -2.25. The number of hydrogen-bond acceptors (Lipinski definition) is 8. The molecule has 2 atom stereocenters. The SMILES string of the molecule is CCOC(=O)C(C(C)=O)C(NSc1ccc([N+](=O)[O-])cc1)c1ccc(C#N)cc1. The second-order valence-electron chi connectivity index (χ2n) is 6.02. The fourth-order valence-electron chi connectivity index (χ4n) is 2.63. The molecule has 0 aliphatic carbocycles. The molecule has 0 radical (unpaired) electrons. The van der Waals surface area contributed by atoms with E-state index in [1.165, 1.54) is 19.1 Å². The Morgan fingerprint density at radius 3 is 2.31 bits per heavy atom. The van der Waals surface area contributed by atoms with Crippen LogP contribution in [0, 0.1) is 27.4 Å². The zero-order valence-electron chi connectivity index (χ0n) is 15.8. The van der Waals surface area contributed by atoms with E-state index in [4.69, 9.17) is 10.00 Å². The molecule has 8 nitrogen and oxygen atoms in total. The average molecular weight is 413 g/mol. The van der Waals surface area contributed by atoms with Gasteiger partial charge in [0.05, 0.1) is 29.2 Å². The highest BCUT2D eigenvalue weighted by atomic mass is 32.2. The standard InChI is InChI=1S/C20H19N3O5S/c1-3-28-20(25)18(13(2)24)19(15-6-4-14(12-21)5-7-15)22-29-17-10-8-16(9-11-17)23(26)27/h4-11,18-19,22H,3H2,1-2H3. The Hall–Kier alpha value is -3.22. The van der Waals surface area contributed by atoms with Crippen LogP contribution in [0.4, 0.5) is 5.69 Å². The van der Waals surface area contributed by atoms with Gasteiger partial charge in [0.1, 0.15) is 11.7 Å². The molecule has 0 fully saturated rings. The number of Topliss-reactive ketones (excluding diaryl/α,β-unsaturated/α-hetero) is 1. The van der Waals surface area contributed by atoms with Crippen molar-refractivity contribution in [3.05, 3.63) is 69.8 Å². The third-order valence-corrected chi connectivity index (χ3v) is 4.94. The first-order valence-corrected chi connectivity index (χ1v) is 9.53. The number of nitro benzene ring substituents is 1. The third-order valence-electron chi connectivity index (χ3n) is 4.06. The lowest BCUT2D eigenvalue weighted by molar-refractivity contribution is -0.384. The largest absolute Gasteiger partial charge is 0.465 e. The van der Waals surface area contributed by atoms with Crippen LogP contribution in [-0.2, 0) is 14.3 Å². The van der Waals surface area contributed by atoms with Crippen molar-refractivity contribution in [1.29, 1.82) is 5.26 Å². The first kappa shape index (κ1) is 22.1. The molecule has 0 aliphatic rings. The van der Waals surface area contributed by atoms with E-state index in [9.17, 15) is 19.7 Å². The van der Waals surface area contributed by atoms with E-state index in [1.54, 1.807) is 43.3 Å². The molecule has 1 N–H and O–H groups in total. The monoisotopic (exact) mass is 413 g/mol. The number of esters is 1. The van der Waals surface area contributed by atoms with E-state index in [0.717, 1.165) is 11.9 Å². The molecule has 0 aliphatic heterocycles. The Labute approximate surface area is 172 Å². The van der Waals surface area contributed by atoms with Crippen molar-refractivity contribution in [2.75, 3.05) is 6.61 Å². The van der Waals surface area contributed by atoms with Crippen LogP contribution in [-0.4, -0.2) is 23.3 Å². The minimum atomic E-state index is -1.09. The summed E-state index contributed by atoms with van der Waals surface area (Å²) in [6, 6.07) is 13.7. The molecule has 0 saturated heterocycles. The highest BCUT2D eigenvalue weighted by Crippen LogP contribution is 2.30. The maximum atomic E-state index is 12.4. The summed E-state index contributed by atoms with van der Waals surface area (Å²) in [6.07, 6.45) is 0. The van der Waals surface area contributed by atoms with Crippen molar-refractivity contribution in [1.82, 2.24) is 4.72 Å². The molecule has 0 saturated carbocycles. The van der Waals surface area contributed by atoms with Gasteiger partial charge in [0.25, 0.3) is 5.69 Å². The highest BCUT2D eigenvalue weighted by molar-refractivity contribution is 7.97. The summed E-state index contributed by atoms with van der Waals surface area (Å²) in [5.74, 6) is -2.10. The number of ketones is 1. The minimum absolute atomic E-state index is 0.0360. The van der Waals surface area contributed by atoms with Gasteiger partial charge in [0, 0.05) is 17.0 Å². The number of rotatable bonds is 9. The zero-order valence-corrected chi connectivity index (χ0v) is 16.6. The maximum absolute atomic E-state index is 12.4. The number of carbonyl (C=O) groups excluding carboxylic acids is 2. The van der Waals surface area contributed by atoms with Crippen LogP contribution in [0.2, 0.25) is 0 Å². The third kappa shape index (κ3) is 5.88. The van der Waals surface area contributed by atoms with Gasteiger partial charge in [0.2, 0.25) is 0 Å². The quantitative estimate of drug-likeness (QED) is 0.218. The van der Waals surface area contributed by atoms with E-state index < -0.39 is 22.9 Å². The van der Waals surface area contributed by atoms with Crippen LogP contribution >= 0.6 is 11.9 Å². The molecular weight excluding hydrogens is 394 g/mol. The highest BCUT2D eigenvalue weighted by Gasteiger charge is 2.35. The maximum Gasteiger partial charge on any atom is 0.318 e. The van der Waals surface area contributed by atoms with Crippen molar-refractivity contribution >= 4 is 29.4 Å². The van der Waals surface area contributed by atoms with Crippen molar-refractivity contribution < 1.29 is 19.2 Å². The Morgan fingerprint density at radius 1 is 1.21 bits per heavy atom. The fraction of sp³-hybridized carbons (Fsp3) is 0.250. The Balaban J connectivity index is 2.32. The van der Waals surface area contributed by atoms with Gasteiger partial charge in [-0.2, -0.15) is 5.26 Å². The van der Waals surface area contributed by atoms with Crippen LogP contribution in [0.3, 0.4) is 0 Å². The van der Waals surface area contributed by atoms with Crippen molar-refractivity contribution in [2.24, 2.45) is 5.92 Å². The van der Waals surface area contributed by atoms with Gasteiger partial charge in [0.15, 0.2) is 0 Å². The van der Waals surface area contributed by atoms with Gasteiger partial charge < -0.3 is 4.74 Å². The van der Waals surface area contributed by atoms with Crippen molar-refractivity contribution in [3.63, 3.8) is 0 Å². The summed E-state index contributed by atoms with van der Waals surface area (Å²) in [5, 5.41) is 19.8. The van der Waals surface area contributed by atoms with E-state index in [0.29, 0.717) is 16.0 Å². The summed E-state index contributed by atoms with van der Waals surface area (Å²) in [6.45, 7) is 3.11. The van der Waals surface area contributed by atoms with Crippen LogP contribution in [0.5, 0.6) is 0 Å². The second kappa shape index (κ2) is 10.4. The average Bonchev–Trinajstić information content (AvgIpc) is 2.71. The molecule has 29 heavy (non-hydrogen) atoms. The molecule has 0 heterocycles. The predicted molar refractivity (Wildman–Crippen MR) is 107 cm³/mol. The van der Waals surface area contributed by atoms with Crippen LogP contribution < -0.4 is 4.72 Å². The topological polar surface area (TPSA) is 122 Å². The lowest BCUT2D eigenvalue weighted by atomic mass is 9.90. The molecule has 2 unspecified atom stereocenters. The summed E-state index contributed by atoms with van der Waals surface area (Å²) in [5.41, 5.74) is 1.05. The molecule has 0 amide bonds. The van der Waals surface area contributed by atoms with E-state index >= 15 is 0 Å². The first-order valence-electron chi connectivity index (χ1n) is 8.71. The Bertz CT molecular complexity index is 923. The summed E-state index contributed by atoms with van der Waals surface area (Å²) in [7, 11) is 0. The number of carbonyl (C=O) groups is 2. The summed E-state index contributed by atoms with van der Waals surface area (Å²) in [4.78, 5) is 35.6. The molecule has 2 rings (SSSR count). The molecule has 0 spiro atoms. The number of nitro groups is 1. The summed E-state index contributed by atoms with van der Waals surface area (Å²) >= 11 is 1.14. The van der Waals surface area contributed by atoms with E-state index in [1.807, 2.05) is 6.07 Å². The normalized spacial score (nSPS) is 12.4. The smallest absolute Gasteiger partial charge is 0.318 e. The van der Waals surface area contributed by atoms with Gasteiger partial charge >= 0.3 is 5.97 Å². The van der Waals surface area contributed by atoms with Gasteiger partial charge in [-0.05, 0) is 55.6 Å². The molecule has 0 aromatic heterocycles. The number of benzene rings is 2. The number of nitrogens with one attached hydrogen (secondary N) is 1. The Morgan fingerprint density at radius 2 is 1.83 bits per heavy atom. The summed E-state index contributed by atoms with van der Waals surface area (Å²) < 4.78 is 8.17. The Kier molecular flexibility index (Phi) is 7.88. The number of hydrogen-bond donors (Lipinski definition) is 1. The zero-order chi connectivity index (χ0) is 21.4. The number of ether oxygens (including phenoxy) is 1. The second-order valence-corrected chi connectivity index (χ2v) is 6.93. The van der Waals surface area contributed by atoms with Gasteiger partial charge in [-0.15, -0.1) is 0 Å². The number of nitrogens with zero attached hydrogens (tertiary/aromatic N) is 2. The predicted octanol–water partition coefficient (Wildman–Crippen LogP) is 3.57. The van der Waals surface area contributed by atoms with Crippen LogP contribution in [0.25, 0.3) is 0 Å². The molecule has 0 bridgehead atoms. The number of nitriles is 1. The molecule has 9 heteroatoms. The van der Waals surface area contributed by atoms with Crippen molar-refractivity contribution in [3.8, 4) is 6.07 Å². The van der Waals surface area contributed by atoms with Gasteiger partial charge in [-0.3, -0.25) is 24.4 Å². The first-order chi connectivity index (χ1) is 13.9. The van der Waals surface area contributed by atoms with Crippen LogP contribution in [0.1, 0.15) is 31.0 Å². The molecule has 2 aromatic rings. The lowest BCUT2D eigenvalue weighted by Crippen LogP contribution is -2.35. The molecular formula is C20H19N3O5S. The molecule has 150 valence electrons. The number of non-ortho nitro benzene ring substituents is 1. The van der Waals surface area contributed by atoms with Crippen molar-refractivity contribution in [2.45, 2.75) is 24.8 Å². The fourth-order valence-corrected chi connectivity index (χ4v) is 3.44. The molecule has 2 aromatic carbocycles. The van der Waals surface area contributed by atoms with E-state index in [2.05, 4.69) is 4.72 Å². The van der Waals surface area contributed by atoms with E-state index in [-0.39, 0.29) is 18.1 Å².